The summed E-state index contributed by atoms with van der Waals surface area (Å²) >= 11 is 0. The number of carbonyl (C=O) groups excluding carboxylic acids is 2. The molecule has 0 bridgehead atoms. The number of phosphoric ester groups is 1. The number of nitrogens with zero attached hydrogens (tertiary/aromatic N) is 1. The van der Waals surface area contributed by atoms with Crippen LogP contribution in [0.2, 0.25) is 0 Å². The Morgan fingerprint density at radius 2 is 0.753 bits per heavy atom. The molecule has 476 valence electrons. The highest BCUT2D eigenvalue weighted by atomic mass is 31.2. The fourth-order valence-corrected chi connectivity index (χ4v) is 11.1. The van der Waals surface area contributed by atoms with Crippen molar-refractivity contribution in [2.45, 2.75) is 354 Å². The van der Waals surface area contributed by atoms with E-state index in [9.17, 15) is 19.0 Å². The van der Waals surface area contributed by atoms with Crippen LogP contribution >= 0.6 is 7.82 Å². The minimum Gasteiger partial charge on any atom is -0.456 e. The molecule has 81 heavy (non-hydrogen) atoms. The summed E-state index contributed by atoms with van der Waals surface area (Å²) in [5, 5.41) is 3.07. The van der Waals surface area contributed by atoms with E-state index in [2.05, 4.69) is 62.5 Å². The second-order valence-corrected chi connectivity index (χ2v) is 26.5. The molecule has 0 spiro atoms. The summed E-state index contributed by atoms with van der Waals surface area (Å²) in [5.41, 5.74) is 0. The average Bonchev–Trinajstić information content (AvgIpc) is 3.44. The van der Waals surface area contributed by atoms with Crippen molar-refractivity contribution in [3.8, 4) is 0 Å². The zero-order chi connectivity index (χ0) is 59.3. The van der Waals surface area contributed by atoms with Gasteiger partial charge in [0.15, 0.2) is 0 Å². The molecular formula is C71H136N2O7P+. The molecule has 0 radical (unpaired) electrons. The van der Waals surface area contributed by atoms with Gasteiger partial charge in [0, 0.05) is 12.8 Å². The number of allylic oxidation sites excluding steroid dienone is 7. The van der Waals surface area contributed by atoms with Crippen LogP contribution in [0.4, 0.5) is 0 Å². The number of quaternary nitrogens is 1. The third-order valence-corrected chi connectivity index (χ3v) is 16.7. The summed E-state index contributed by atoms with van der Waals surface area (Å²) in [5.74, 6) is -0.494. The Hall–Kier alpha value is -2.03. The molecule has 0 aliphatic heterocycles. The van der Waals surface area contributed by atoms with Crippen molar-refractivity contribution in [3.05, 3.63) is 48.6 Å². The lowest BCUT2D eigenvalue weighted by Crippen LogP contribution is -2.47. The fraction of sp³-hybridized carbons (Fsp3) is 0.859. The first-order valence-corrected chi connectivity index (χ1v) is 36.5. The Bertz CT molecular complexity index is 1520. The number of carbonyl (C=O) groups is 2. The third-order valence-electron chi connectivity index (χ3n) is 15.7. The van der Waals surface area contributed by atoms with Gasteiger partial charge in [-0.3, -0.25) is 18.6 Å². The number of esters is 1. The van der Waals surface area contributed by atoms with Crippen LogP contribution in [0.15, 0.2) is 48.6 Å². The van der Waals surface area contributed by atoms with E-state index in [1.165, 1.54) is 244 Å². The minimum atomic E-state index is -4.45. The largest absolute Gasteiger partial charge is 0.472 e. The quantitative estimate of drug-likeness (QED) is 0.0205. The number of nitrogens with one attached hydrogen (secondary N) is 1. The van der Waals surface area contributed by atoms with Crippen molar-refractivity contribution in [1.82, 2.24) is 5.32 Å². The van der Waals surface area contributed by atoms with E-state index < -0.39 is 20.0 Å². The standard InChI is InChI=1S/C71H135N2O7P/c1-7-10-13-16-19-22-25-27-29-31-33-34-35-36-37-38-40-41-43-45-48-51-54-57-60-63-70(74)72-68(67-79-81(76,77)78-66-65-73(4,5)6)69(62-59-56-53-50-47-24-21-18-15-12-9-3)80-71(75)64-61-58-55-52-49-46-44-42-39-32-30-28-26-23-20-17-14-11-8-2/h19,22,27-30,59,62,68-69H,7-18,20-21,23-26,31-58,60-61,63-67H2,1-6H3,(H-,72,74,76,77)/p+1/b22-19-,29-27-,30-28+,62-59-. The average molecular weight is 1160 g/mol. The Kier molecular flexibility index (Phi) is 59.5. The van der Waals surface area contributed by atoms with E-state index in [1.54, 1.807) is 0 Å². The molecule has 0 aromatic carbocycles. The van der Waals surface area contributed by atoms with Gasteiger partial charge < -0.3 is 19.4 Å². The van der Waals surface area contributed by atoms with Gasteiger partial charge >= 0.3 is 13.8 Å². The first-order chi connectivity index (χ1) is 39.4. The number of ether oxygens (including phenoxy) is 1. The number of hydrogen-bond acceptors (Lipinski definition) is 6. The molecule has 0 saturated heterocycles. The van der Waals surface area contributed by atoms with Gasteiger partial charge in [-0.05, 0) is 89.5 Å². The highest BCUT2D eigenvalue weighted by Crippen LogP contribution is 2.43. The number of rotatable bonds is 64. The van der Waals surface area contributed by atoms with Crippen molar-refractivity contribution in [3.63, 3.8) is 0 Å². The monoisotopic (exact) mass is 1160 g/mol. The molecule has 0 fully saturated rings. The highest BCUT2D eigenvalue weighted by Gasteiger charge is 2.30. The fourth-order valence-electron chi connectivity index (χ4n) is 10.3. The van der Waals surface area contributed by atoms with Crippen LogP contribution in [0, 0.1) is 0 Å². The number of amides is 1. The third kappa shape index (κ3) is 62.3. The van der Waals surface area contributed by atoms with Gasteiger partial charge in [-0.1, -0.05) is 288 Å². The van der Waals surface area contributed by atoms with Crippen LogP contribution < -0.4 is 5.32 Å². The van der Waals surface area contributed by atoms with Crippen LogP contribution in [0.3, 0.4) is 0 Å². The van der Waals surface area contributed by atoms with E-state index in [1.807, 2.05) is 33.3 Å². The molecule has 2 N–H and O–H groups in total. The normalized spacial score (nSPS) is 13.8. The molecule has 10 heteroatoms. The molecular weight excluding hydrogens is 1020 g/mol. The van der Waals surface area contributed by atoms with Crippen LogP contribution in [0.5, 0.6) is 0 Å². The van der Waals surface area contributed by atoms with E-state index in [4.69, 9.17) is 13.8 Å². The Labute approximate surface area is 503 Å². The van der Waals surface area contributed by atoms with Crippen molar-refractivity contribution >= 4 is 19.7 Å². The molecule has 0 aromatic rings. The van der Waals surface area contributed by atoms with Gasteiger partial charge in [0.1, 0.15) is 19.3 Å². The van der Waals surface area contributed by atoms with Crippen molar-refractivity contribution in [2.24, 2.45) is 0 Å². The van der Waals surface area contributed by atoms with Gasteiger partial charge in [-0.15, -0.1) is 0 Å². The van der Waals surface area contributed by atoms with Gasteiger partial charge in [0.2, 0.25) is 5.91 Å². The maximum Gasteiger partial charge on any atom is 0.472 e. The molecule has 0 aromatic heterocycles. The Morgan fingerprint density at radius 3 is 1.15 bits per heavy atom. The lowest BCUT2D eigenvalue weighted by molar-refractivity contribution is -0.870. The summed E-state index contributed by atoms with van der Waals surface area (Å²) < 4.78 is 30.8. The molecule has 0 aliphatic rings. The minimum absolute atomic E-state index is 0.0413. The highest BCUT2D eigenvalue weighted by molar-refractivity contribution is 7.47. The lowest BCUT2D eigenvalue weighted by atomic mass is 10.0. The lowest BCUT2D eigenvalue weighted by Gasteiger charge is -2.27. The first kappa shape index (κ1) is 79.0. The van der Waals surface area contributed by atoms with Crippen molar-refractivity contribution in [1.29, 1.82) is 0 Å². The second-order valence-electron chi connectivity index (χ2n) is 25.0. The maximum atomic E-state index is 13.6. The summed E-state index contributed by atoms with van der Waals surface area (Å²) in [6.45, 7) is 7.02. The molecule has 0 rings (SSSR count). The predicted molar refractivity (Wildman–Crippen MR) is 351 cm³/mol. The number of phosphoric acid groups is 1. The van der Waals surface area contributed by atoms with Crippen LogP contribution in [-0.4, -0.2) is 74.3 Å². The van der Waals surface area contributed by atoms with Crippen LogP contribution in [0.1, 0.15) is 342 Å². The van der Waals surface area contributed by atoms with Gasteiger partial charge in [-0.2, -0.15) is 0 Å². The second kappa shape index (κ2) is 61.1. The van der Waals surface area contributed by atoms with Crippen LogP contribution in [0.25, 0.3) is 0 Å². The predicted octanol–water partition coefficient (Wildman–Crippen LogP) is 22.0. The Balaban J connectivity index is 5.01. The van der Waals surface area contributed by atoms with Gasteiger partial charge in [0.05, 0.1) is 33.8 Å². The molecule has 0 heterocycles. The van der Waals surface area contributed by atoms with Gasteiger partial charge in [-0.25, -0.2) is 4.57 Å². The summed E-state index contributed by atoms with van der Waals surface area (Å²) in [6, 6.07) is -0.848. The van der Waals surface area contributed by atoms with E-state index in [0.29, 0.717) is 23.9 Å². The number of likely N-dealkylation sites (N-methyl/N-ethyl adjacent to an activating group) is 1. The molecule has 0 aliphatic carbocycles. The molecule has 3 unspecified atom stereocenters. The van der Waals surface area contributed by atoms with Crippen molar-refractivity contribution < 1.29 is 37.3 Å². The van der Waals surface area contributed by atoms with Crippen LogP contribution in [-0.2, 0) is 27.9 Å². The summed E-state index contributed by atoms with van der Waals surface area (Å²) in [6.07, 6.45) is 76.9. The summed E-state index contributed by atoms with van der Waals surface area (Å²) in [7, 11) is 1.51. The van der Waals surface area contributed by atoms with E-state index >= 15 is 0 Å². The number of hydrogen-bond donors (Lipinski definition) is 2. The zero-order valence-corrected chi connectivity index (χ0v) is 55.4. The topological polar surface area (TPSA) is 111 Å². The Morgan fingerprint density at radius 1 is 0.432 bits per heavy atom. The first-order valence-electron chi connectivity index (χ1n) is 35.0. The van der Waals surface area contributed by atoms with E-state index in [0.717, 1.165) is 64.2 Å². The molecule has 3 atom stereocenters. The molecule has 1 amide bonds. The maximum absolute atomic E-state index is 13.6. The van der Waals surface area contributed by atoms with Crippen molar-refractivity contribution in [2.75, 3.05) is 40.9 Å². The molecule has 0 saturated carbocycles. The molecule has 9 nitrogen and oxygen atoms in total. The zero-order valence-electron chi connectivity index (χ0n) is 54.5. The summed E-state index contributed by atoms with van der Waals surface area (Å²) in [4.78, 5) is 37.8. The van der Waals surface area contributed by atoms with Gasteiger partial charge in [0.25, 0.3) is 0 Å². The number of unbranched alkanes of at least 4 members (excludes halogenated alkanes) is 42. The smallest absolute Gasteiger partial charge is 0.456 e. The SMILES string of the molecule is CCCCC/C=C\C/C=C\CCCCCCCCCCCCCCCCCC(=O)NC(COP(=O)(O)OCC[N+](C)(C)C)C(/C=C\CCCCCCCCCCC)OC(=O)CCCCCCCCCCC/C=C/CCCCCCCC. The van der Waals surface area contributed by atoms with E-state index in [-0.39, 0.29) is 25.1 Å².